The smallest absolute Gasteiger partial charge is 0.227 e. The monoisotopic (exact) mass is 397 g/mol. The fraction of sp³-hybridized carbons (Fsp3) is 0.227. The number of pyridine rings is 1. The Morgan fingerprint density at radius 1 is 1.13 bits per heavy atom. The minimum absolute atomic E-state index is 0.0614. The predicted octanol–water partition coefficient (Wildman–Crippen LogP) is 3.75. The van der Waals surface area contributed by atoms with Crippen LogP contribution in [0.5, 0.6) is 0 Å². The molecule has 0 bridgehead atoms. The van der Waals surface area contributed by atoms with E-state index in [1.807, 2.05) is 41.9 Å². The first-order valence-corrected chi connectivity index (χ1v) is 9.78. The maximum Gasteiger partial charge on any atom is 0.227 e. The van der Waals surface area contributed by atoms with Crippen molar-refractivity contribution in [2.45, 2.75) is 18.9 Å². The minimum Gasteiger partial charge on any atom is -0.356 e. The van der Waals surface area contributed by atoms with E-state index >= 15 is 0 Å². The van der Waals surface area contributed by atoms with E-state index in [1.165, 1.54) is 0 Å². The SMILES string of the molecule is Cn1c(-c2cccnc2)nnc1N1CCCC1c1cc(-c2cccc(C#N)c2)on1. The zero-order chi connectivity index (χ0) is 20.5. The van der Waals surface area contributed by atoms with Gasteiger partial charge in [-0.15, -0.1) is 10.2 Å². The van der Waals surface area contributed by atoms with Crippen molar-refractivity contribution in [3.63, 3.8) is 0 Å². The summed E-state index contributed by atoms with van der Waals surface area (Å²) in [5, 5.41) is 22.3. The van der Waals surface area contributed by atoms with Crippen LogP contribution in [0.4, 0.5) is 5.95 Å². The molecule has 0 radical (unpaired) electrons. The van der Waals surface area contributed by atoms with E-state index in [4.69, 9.17) is 9.78 Å². The van der Waals surface area contributed by atoms with E-state index in [-0.39, 0.29) is 6.04 Å². The molecule has 1 aliphatic rings. The van der Waals surface area contributed by atoms with Gasteiger partial charge >= 0.3 is 0 Å². The third kappa shape index (κ3) is 3.10. The van der Waals surface area contributed by atoms with Crippen LogP contribution in [0.3, 0.4) is 0 Å². The molecule has 4 heterocycles. The van der Waals surface area contributed by atoms with Gasteiger partial charge in [-0.2, -0.15) is 5.26 Å². The summed E-state index contributed by atoms with van der Waals surface area (Å²) in [6, 6.07) is 15.4. The second-order valence-corrected chi connectivity index (χ2v) is 7.28. The topological polar surface area (TPSA) is 96.7 Å². The third-order valence-electron chi connectivity index (χ3n) is 5.43. The number of nitriles is 1. The van der Waals surface area contributed by atoms with Gasteiger partial charge in [-0.3, -0.25) is 9.55 Å². The highest BCUT2D eigenvalue weighted by atomic mass is 16.5. The molecule has 1 saturated heterocycles. The van der Waals surface area contributed by atoms with Gasteiger partial charge in [0, 0.05) is 43.2 Å². The molecule has 0 spiro atoms. The van der Waals surface area contributed by atoms with E-state index in [2.05, 4.69) is 31.3 Å². The van der Waals surface area contributed by atoms with Crippen LogP contribution >= 0.6 is 0 Å². The normalized spacial score (nSPS) is 16.0. The van der Waals surface area contributed by atoms with E-state index in [1.54, 1.807) is 24.5 Å². The summed E-state index contributed by atoms with van der Waals surface area (Å²) in [5.74, 6) is 2.23. The van der Waals surface area contributed by atoms with Gasteiger partial charge in [0.15, 0.2) is 11.6 Å². The van der Waals surface area contributed by atoms with Crippen LogP contribution in [0.25, 0.3) is 22.7 Å². The molecule has 1 unspecified atom stereocenters. The number of aromatic nitrogens is 5. The van der Waals surface area contributed by atoms with Crippen LogP contribution in [0.1, 0.15) is 30.1 Å². The lowest BCUT2D eigenvalue weighted by molar-refractivity contribution is 0.416. The largest absolute Gasteiger partial charge is 0.356 e. The fourth-order valence-electron chi connectivity index (χ4n) is 3.96. The van der Waals surface area contributed by atoms with Crippen molar-refractivity contribution in [2.24, 2.45) is 7.05 Å². The Morgan fingerprint density at radius 3 is 2.87 bits per heavy atom. The van der Waals surface area contributed by atoms with Crippen LogP contribution in [-0.2, 0) is 7.05 Å². The second kappa shape index (κ2) is 7.44. The van der Waals surface area contributed by atoms with E-state index in [0.717, 1.165) is 48.0 Å². The summed E-state index contributed by atoms with van der Waals surface area (Å²) in [5.41, 5.74) is 3.22. The van der Waals surface area contributed by atoms with Gasteiger partial charge in [-0.1, -0.05) is 17.3 Å². The van der Waals surface area contributed by atoms with Crippen LogP contribution in [0, 0.1) is 11.3 Å². The first-order chi connectivity index (χ1) is 14.7. The van der Waals surface area contributed by atoms with Gasteiger partial charge in [-0.05, 0) is 37.1 Å². The van der Waals surface area contributed by atoms with E-state index in [9.17, 15) is 0 Å². The Balaban J connectivity index is 1.45. The molecular formula is C22H19N7O. The zero-order valence-electron chi connectivity index (χ0n) is 16.4. The van der Waals surface area contributed by atoms with Crippen molar-refractivity contribution in [2.75, 3.05) is 11.4 Å². The van der Waals surface area contributed by atoms with Crippen molar-refractivity contribution >= 4 is 5.95 Å². The first kappa shape index (κ1) is 18.1. The second-order valence-electron chi connectivity index (χ2n) is 7.28. The molecule has 5 rings (SSSR count). The average Bonchev–Trinajstić information content (AvgIpc) is 3.53. The highest BCUT2D eigenvalue weighted by Gasteiger charge is 2.32. The van der Waals surface area contributed by atoms with Gasteiger partial charge < -0.3 is 9.42 Å². The number of nitrogens with zero attached hydrogens (tertiary/aromatic N) is 7. The molecule has 1 aromatic carbocycles. The van der Waals surface area contributed by atoms with Crippen LogP contribution in [0.15, 0.2) is 59.4 Å². The number of anilines is 1. The highest BCUT2D eigenvalue weighted by Crippen LogP contribution is 2.37. The Morgan fingerprint density at radius 2 is 2.03 bits per heavy atom. The Hall–Kier alpha value is -3.99. The van der Waals surface area contributed by atoms with Crippen molar-refractivity contribution in [3.8, 4) is 28.8 Å². The predicted molar refractivity (Wildman–Crippen MR) is 110 cm³/mol. The number of hydrogen-bond acceptors (Lipinski definition) is 7. The Bertz CT molecular complexity index is 1220. The lowest BCUT2D eigenvalue weighted by Gasteiger charge is -2.23. The van der Waals surface area contributed by atoms with Crippen molar-refractivity contribution < 1.29 is 4.52 Å². The molecule has 0 aliphatic carbocycles. The molecule has 148 valence electrons. The highest BCUT2D eigenvalue weighted by molar-refractivity contribution is 5.61. The maximum absolute atomic E-state index is 9.14. The summed E-state index contributed by atoms with van der Waals surface area (Å²) < 4.78 is 7.61. The molecule has 3 aromatic heterocycles. The molecule has 1 fully saturated rings. The lowest BCUT2D eigenvalue weighted by Crippen LogP contribution is -2.25. The van der Waals surface area contributed by atoms with E-state index in [0.29, 0.717) is 11.3 Å². The van der Waals surface area contributed by atoms with Gasteiger partial charge in [0.2, 0.25) is 5.95 Å². The standard InChI is InChI=1S/C22H19N7O/c1-28-21(17-7-3-9-24-14-17)25-26-22(28)29-10-4-8-19(29)18-12-20(30-27-18)16-6-2-5-15(11-16)13-23/h2-3,5-7,9,11-12,14,19H,4,8,10H2,1H3. The van der Waals surface area contributed by atoms with Gasteiger partial charge in [0.1, 0.15) is 5.69 Å². The summed E-state index contributed by atoms with van der Waals surface area (Å²) in [4.78, 5) is 6.40. The molecule has 1 atom stereocenters. The lowest BCUT2D eigenvalue weighted by atomic mass is 10.1. The number of rotatable bonds is 4. The molecule has 30 heavy (non-hydrogen) atoms. The molecule has 8 heteroatoms. The molecular weight excluding hydrogens is 378 g/mol. The van der Waals surface area contributed by atoms with E-state index < -0.39 is 0 Å². The third-order valence-corrected chi connectivity index (χ3v) is 5.43. The molecule has 4 aromatic rings. The summed E-state index contributed by atoms with van der Waals surface area (Å²) in [7, 11) is 1.97. The van der Waals surface area contributed by atoms with Gasteiger partial charge in [-0.25, -0.2) is 0 Å². The van der Waals surface area contributed by atoms with Crippen molar-refractivity contribution in [1.82, 2.24) is 24.9 Å². The Kier molecular flexibility index (Phi) is 4.48. The minimum atomic E-state index is 0.0614. The fourth-order valence-corrected chi connectivity index (χ4v) is 3.96. The molecule has 0 saturated carbocycles. The van der Waals surface area contributed by atoms with Crippen molar-refractivity contribution in [1.29, 1.82) is 5.26 Å². The van der Waals surface area contributed by atoms with Gasteiger partial charge in [0.05, 0.1) is 17.7 Å². The Labute approximate surface area is 173 Å². The zero-order valence-corrected chi connectivity index (χ0v) is 16.4. The van der Waals surface area contributed by atoms with Crippen molar-refractivity contribution in [3.05, 3.63) is 66.1 Å². The average molecular weight is 397 g/mol. The quantitative estimate of drug-likeness (QED) is 0.517. The first-order valence-electron chi connectivity index (χ1n) is 9.78. The van der Waals surface area contributed by atoms with Crippen LogP contribution in [0.2, 0.25) is 0 Å². The molecule has 0 N–H and O–H groups in total. The summed E-state index contributed by atoms with van der Waals surface area (Å²) in [6.45, 7) is 0.871. The summed E-state index contributed by atoms with van der Waals surface area (Å²) in [6.07, 6.45) is 5.52. The molecule has 8 nitrogen and oxygen atoms in total. The van der Waals surface area contributed by atoms with Crippen LogP contribution < -0.4 is 4.90 Å². The maximum atomic E-state index is 9.14. The molecule has 1 aliphatic heterocycles. The summed E-state index contributed by atoms with van der Waals surface area (Å²) >= 11 is 0. The molecule has 0 amide bonds. The van der Waals surface area contributed by atoms with Gasteiger partial charge in [0.25, 0.3) is 0 Å². The number of hydrogen-bond donors (Lipinski definition) is 0. The number of benzene rings is 1. The van der Waals surface area contributed by atoms with Crippen LogP contribution in [-0.4, -0.2) is 31.4 Å².